The molecular weight excluding hydrogens is 454 g/mol. The van der Waals surface area contributed by atoms with Crippen LogP contribution in [-0.2, 0) is 25.6 Å². The highest BCUT2D eigenvalue weighted by atomic mass is 16.4. The Labute approximate surface area is 206 Å². The molecule has 1 aromatic rings. The van der Waals surface area contributed by atoms with Gasteiger partial charge < -0.3 is 37.6 Å². The average molecular weight is 494 g/mol. The van der Waals surface area contributed by atoms with Crippen molar-refractivity contribution in [1.29, 1.82) is 0 Å². The van der Waals surface area contributed by atoms with Gasteiger partial charge in [-0.3, -0.25) is 19.2 Å². The largest absolute Gasteiger partial charge is 0.508 e. The molecular formula is C24H39N5O6. The summed E-state index contributed by atoms with van der Waals surface area (Å²) in [7, 11) is 0. The summed E-state index contributed by atoms with van der Waals surface area (Å²) in [5, 5.41) is 26.3. The number of rotatable bonds is 15. The third kappa shape index (κ3) is 11.2. The number of phenolic OH excluding ortho intramolecular Hbond substituents is 1. The van der Waals surface area contributed by atoms with Crippen LogP contribution in [0.25, 0.3) is 0 Å². The van der Waals surface area contributed by atoms with Crippen molar-refractivity contribution in [2.75, 3.05) is 6.54 Å². The topological polar surface area (TPSA) is 197 Å². The summed E-state index contributed by atoms with van der Waals surface area (Å²) in [4.78, 5) is 49.8. The Bertz CT molecular complexity index is 845. The molecule has 0 aromatic heterocycles. The van der Waals surface area contributed by atoms with E-state index in [0.717, 1.165) is 6.42 Å². The zero-order chi connectivity index (χ0) is 26.5. The lowest BCUT2D eigenvalue weighted by Crippen LogP contribution is -2.57. The third-order valence-electron chi connectivity index (χ3n) is 5.38. The highest BCUT2D eigenvalue weighted by molar-refractivity contribution is 5.94. The molecule has 0 aliphatic carbocycles. The number of nitrogens with two attached hydrogens (primary N) is 2. The van der Waals surface area contributed by atoms with Gasteiger partial charge in [-0.1, -0.05) is 32.4 Å². The summed E-state index contributed by atoms with van der Waals surface area (Å²) >= 11 is 0. The van der Waals surface area contributed by atoms with Crippen LogP contribution in [0.3, 0.4) is 0 Å². The number of phenols is 1. The van der Waals surface area contributed by atoms with Gasteiger partial charge in [0.2, 0.25) is 17.7 Å². The molecule has 0 bridgehead atoms. The van der Waals surface area contributed by atoms with Gasteiger partial charge in [-0.05, 0) is 56.3 Å². The van der Waals surface area contributed by atoms with E-state index in [9.17, 15) is 24.3 Å². The van der Waals surface area contributed by atoms with Crippen LogP contribution in [-0.4, -0.2) is 64.6 Å². The molecule has 0 aliphatic heterocycles. The monoisotopic (exact) mass is 493 g/mol. The van der Waals surface area contributed by atoms with E-state index < -0.39 is 47.9 Å². The van der Waals surface area contributed by atoms with Crippen LogP contribution in [0.1, 0.15) is 52.0 Å². The van der Waals surface area contributed by atoms with Crippen molar-refractivity contribution in [3.63, 3.8) is 0 Å². The van der Waals surface area contributed by atoms with E-state index in [1.807, 2.05) is 13.8 Å². The van der Waals surface area contributed by atoms with Gasteiger partial charge in [0, 0.05) is 6.42 Å². The van der Waals surface area contributed by atoms with E-state index in [1.165, 1.54) is 19.1 Å². The molecule has 9 N–H and O–H groups in total. The summed E-state index contributed by atoms with van der Waals surface area (Å²) in [6.07, 6.45) is 2.21. The summed E-state index contributed by atoms with van der Waals surface area (Å²) in [5.74, 6) is -2.86. The van der Waals surface area contributed by atoms with Crippen LogP contribution in [0.4, 0.5) is 0 Å². The Morgan fingerprint density at radius 3 is 2.00 bits per heavy atom. The standard InChI is InChI=1S/C24H39N5O6/c1-14(2)12-19(28-21(31)18(26)6-4-5-11-25)23(33)29-20(22(32)27-15(3)24(34)35)13-16-7-9-17(30)10-8-16/h7-10,14-15,18-20,30H,4-6,11-13,25-26H2,1-3H3,(H,27,32)(H,28,31)(H,29,33)(H,34,35). The maximum Gasteiger partial charge on any atom is 0.325 e. The second-order valence-electron chi connectivity index (χ2n) is 9.08. The summed E-state index contributed by atoms with van der Waals surface area (Å²) in [5.41, 5.74) is 12.1. The number of carbonyl (C=O) groups excluding carboxylic acids is 3. The quantitative estimate of drug-likeness (QED) is 0.166. The molecule has 4 unspecified atom stereocenters. The molecule has 0 saturated heterocycles. The number of benzene rings is 1. The third-order valence-corrected chi connectivity index (χ3v) is 5.38. The van der Waals surface area contributed by atoms with Crippen LogP contribution >= 0.6 is 0 Å². The van der Waals surface area contributed by atoms with E-state index in [2.05, 4.69) is 16.0 Å². The molecule has 0 saturated carbocycles. The van der Waals surface area contributed by atoms with Gasteiger partial charge in [0.15, 0.2) is 0 Å². The van der Waals surface area contributed by atoms with E-state index in [1.54, 1.807) is 12.1 Å². The fourth-order valence-electron chi connectivity index (χ4n) is 3.35. The molecule has 3 amide bonds. The molecule has 196 valence electrons. The molecule has 11 heteroatoms. The van der Waals surface area contributed by atoms with Crippen molar-refractivity contribution in [1.82, 2.24) is 16.0 Å². The highest BCUT2D eigenvalue weighted by Crippen LogP contribution is 2.13. The van der Waals surface area contributed by atoms with E-state index in [0.29, 0.717) is 31.4 Å². The zero-order valence-corrected chi connectivity index (χ0v) is 20.6. The fourth-order valence-corrected chi connectivity index (χ4v) is 3.35. The molecule has 1 aromatic carbocycles. The first-order chi connectivity index (χ1) is 16.4. The first-order valence-electron chi connectivity index (χ1n) is 11.8. The minimum absolute atomic E-state index is 0.0424. The maximum absolute atomic E-state index is 13.2. The summed E-state index contributed by atoms with van der Waals surface area (Å²) in [6, 6.07) is 2.07. The second kappa shape index (κ2) is 14.9. The van der Waals surface area contributed by atoms with Gasteiger partial charge in [-0.2, -0.15) is 0 Å². The summed E-state index contributed by atoms with van der Waals surface area (Å²) in [6.45, 7) is 5.59. The highest BCUT2D eigenvalue weighted by Gasteiger charge is 2.30. The normalized spacial score (nSPS) is 14.5. The lowest BCUT2D eigenvalue weighted by molar-refractivity contribution is -0.141. The number of hydrogen-bond acceptors (Lipinski definition) is 7. The van der Waals surface area contributed by atoms with Crippen molar-refractivity contribution in [2.45, 2.75) is 77.0 Å². The van der Waals surface area contributed by atoms with Gasteiger partial charge in [-0.15, -0.1) is 0 Å². The van der Waals surface area contributed by atoms with E-state index >= 15 is 0 Å². The Kier molecular flexibility index (Phi) is 12.7. The van der Waals surface area contributed by atoms with Crippen LogP contribution in [0.5, 0.6) is 5.75 Å². The molecule has 0 spiro atoms. The van der Waals surface area contributed by atoms with Gasteiger partial charge >= 0.3 is 5.97 Å². The molecule has 0 aliphatic rings. The number of hydrogen-bond donors (Lipinski definition) is 7. The minimum Gasteiger partial charge on any atom is -0.508 e. The number of nitrogens with one attached hydrogen (secondary N) is 3. The van der Waals surface area contributed by atoms with Crippen molar-refractivity contribution in [3.8, 4) is 5.75 Å². The molecule has 0 fully saturated rings. The van der Waals surface area contributed by atoms with Crippen LogP contribution < -0.4 is 27.4 Å². The molecule has 0 heterocycles. The smallest absolute Gasteiger partial charge is 0.325 e. The number of carboxylic acids is 1. The van der Waals surface area contributed by atoms with Crippen molar-refractivity contribution < 1.29 is 29.4 Å². The van der Waals surface area contributed by atoms with E-state index in [-0.39, 0.29) is 18.1 Å². The fraction of sp³-hybridized carbons (Fsp3) is 0.583. The minimum atomic E-state index is -1.22. The molecule has 1 rings (SSSR count). The summed E-state index contributed by atoms with van der Waals surface area (Å²) < 4.78 is 0. The van der Waals surface area contributed by atoms with Crippen molar-refractivity contribution in [3.05, 3.63) is 29.8 Å². The molecule has 35 heavy (non-hydrogen) atoms. The average Bonchev–Trinajstić information content (AvgIpc) is 2.79. The van der Waals surface area contributed by atoms with Crippen LogP contribution in [0, 0.1) is 5.92 Å². The second-order valence-corrected chi connectivity index (χ2v) is 9.08. The van der Waals surface area contributed by atoms with Gasteiger partial charge in [0.1, 0.15) is 23.9 Å². The van der Waals surface area contributed by atoms with Crippen LogP contribution in [0.15, 0.2) is 24.3 Å². The van der Waals surface area contributed by atoms with Crippen molar-refractivity contribution >= 4 is 23.7 Å². The Morgan fingerprint density at radius 1 is 0.886 bits per heavy atom. The SMILES string of the molecule is CC(C)CC(NC(=O)C(N)CCCCN)C(=O)NC(Cc1ccc(O)cc1)C(=O)NC(C)C(=O)O. The first kappa shape index (κ1) is 29.9. The zero-order valence-electron chi connectivity index (χ0n) is 20.6. The Hall–Kier alpha value is -3.18. The number of aromatic hydroxyl groups is 1. The number of carbonyl (C=O) groups is 4. The molecule has 0 radical (unpaired) electrons. The van der Waals surface area contributed by atoms with E-state index in [4.69, 9.17) is 16.6 Å². The first-order valence-corrected chi connectivity index (χ1v) is 11.8. The Balaban J connectivity index is 3.02. The maximum atomic E-state index is 13.2. The number of amides is 3. The number of carboxylic acid groups (broad SMARTS) is 1. The molecule has 4 atom stereocenters. The van der Waals surface area contributed by atoms with Gasteiger partial charge in [0.05, 0.1) is 6.04 Å². The Morgan fingerprint density at radius 2 is 1.46 bits per heavy atom. The van der Waals surface area contributed by atoms with Gasteiger partial charge in [0.25, 0.3) is 0 Å². The van der Waals surface area contributed by atoms with Crippen LogP contribution in [0.2, 0.25) is 0 Å². The molecule has 11 nitrogen and oxygen atoms in total. The predicted octanol–water partition coefficient (Wildman–Crippen LogP) is -0.00400. The lowest BCUT2D eigenvalue weighted by atomic mass is 10.00. The van der Waals surface area contributed by atoms with Crippen molar-refractivity contribution in [2.24, 2.45) is 17.4 Å². The lowest BCUT2D eigenvalue weighted by Gasteiger charge is -2.26. The predicted molar refractivity (Wildman–Crippen MR) is 131 cm³/mol. The van der Waals surface area contributed by atoms with Gasteiger partial charge in [-0.25, -0.2) is 0 Å². The number of unbranched alkanes of at least 4 members (excludes halogenated alkanes) is 1. The number of aliphatic carboxylic acids is 1.